The zero-order chi connectivity index (χ0) is 17.8. The molecular weight excluding hydrogens is 383 g/mol. The number of ether oxygens (including phenoxy) is 1. The third kappa shape index (κ3) is 4.12. The van der Waals surface area contributed by atoms with Crippen LogP contribution in [0.15, 0.2) is 47.6 Å². The Kier molecular flexibility index (Phi) is 5.57. The molecule has 0 N–H and O–H groups in total. The van der Waals surface area contributed by atoms with Crippen LogP contribution in [0.1, 0.15) is 10.4 Å². The first-order valence-electron chi connectivity index (χ1n) is 7.12. The lowest BCUT2D eigenvalue weighted by atomic mass is 10.1. The van der Waals surface area contributed by atoms with Gasteiger partial charge in [-0.2, -0.15) is 4.68 Å². The van der Waals surface area contributed by atoms with Crippen molar-refractivity contribution >= 4 is 40.7 Å². The minimum atomic E-state index is -0.0900. The lowest BCUT2D eigenvalue weighted by Gasteiger charge is -2.06. The van der Waals surface area contributed by atoms with Crippen molar-refractivity contribution in [2.75, 3.05) is 12.9 Å². The molecule has 0 saturated carbocycles. The second kappa shape index (κ2) is 7.86. The molecule has 0 saturated heterocycles. The fraction of sp³-hybridized carbons (Fsp3) is 0.125. The Balaban J connectivity index is 1.72. The second-order valence-electron chi connectivity index (χ2n) is 4.91. The van der Waals surface area contributed by atoms with Gasteiger partial charge in [-0.15, -0.1) is 5.10 Å². The Hall–Kier alpha value is -2.09. The van der Waals surface area contributed by atoms with E-state index in [0.717, 1.165) is 11.4 Å². The molecule has 1 heterocycles. The van der Waals surface area contributed by atoms with Gasteiger partial charge in [0.05, 0.1) is 28.6 Å². The van der Waals surface area contributed by atoms with Crippen molar-refractivity contribution < 1.29 is 9.53 Å². The quantitative estimate of drug-likeness (QED) is 0.465. The number of hydrogen-bond donors (Lipinski definition) is 0. The number of nitrogens with zero attached hydrogens (tertiary/aromatic N) is 4. The average Bonchev–Trinajstić information content (AvgIpc) is 3.10. The summed E-state index contributed by atoms with van der Waals surface area (Å²) in [6.45, 7) is 0. The number of carbonyl (C=O) groups is 1. The summed E-state index contributed by atoms with van der Waals surface area (Å²) in [6.07, 6.45) is 0. The maximum absolute atomic E-state index is 12.3. The van der Waals surface area contributed by atoms with Crippen LogP contribution in [0.25, 0.3) is 5.69 Å². The molecule has 0 aliphatic heterocycles. The van der Waals surface area contributed by atoms with Gasteiger partial charge in [-0.25, -0.2) is 0 Å². The number of methoxy groups -OCH3 is 1. The highest BCUT2D eigenvalue weighted by atomic mass is 35.5. The molecular formula is C16H12Cl2N4O2S. The van der Waals surface area contributed by atoms with E-state index in [1.165, 1.54) is 11.8 Å². The Labute approximate surface area is 158 Å². The zero-order valence-electron chi connectivity index (χ0n) is 13.0. The number of rotatable bonds is 6. The van der Waals surface area contributed by atoms with E-state index < -0.39 is 0 Å². The largest absolute Gasteiger partial charge is 0.497 e. The molecule has 3 aromatic rings. The predicted octanol–water partition coefficient (Wildman–Crippen LogP) is 3.95. The highest BCUT2D eigenvalue weighted by molar-refractivity contribution is 7.99. The Morgan fingerprint density at radius 1 is 1.16 bits per heavy atom. The van der Waals surface area contributed by atoms with E-state index in [9.17, 15) is 4.79 Å². The summed E-state index contributed by atoms with van der Waals surface area (Å²) in [5.41, 5.74) is 1.26. The summed E-state index contributed by atoms with van der Waals surface area (Å²) in [5.74, 6) is 0.822. The van der Waals surface area contributed by atoms with Crippen LogP contribution in [0.2, 0.25) is 10.0 Å². The van der Waals surface area contributed by atoms with E-state index in [2.05, 4.69) is 15.5 Å². The monoisotopic (exact) mass is 394 g/mol. The molecule has 0 bridgehead atoms. The van der Waals surface area contributed by atoms with Crippen molar-refractivity contribution in [2.45, 2.75) is 5.16 Å². The van der Waals surface area contributed by atoms with Crippen molar-refractivity contribution in [3.05, 3.63) is 58.1 Å². The third-order valence-corrected chi connectivity index (χ3v) is 4.99. The maximum Gasteiger partial charge on any atom is 0.214 e. The molecule has 0 radical (unpaired) electrons. The van der Waals surface area contributed by atoms with Crippen molar-refractivity contribution in [3.63, 3.8) is 0 Å². The Morgan fingerprint density at radius 2 is 1.92 bits per heavy atom. The van der Waals surface area contributed by atoms with E-state index in [4.69, 9.17) is 27.9 Å². The standard InChI is InChI=1S/C16H12Cl2N4O2S/c1-24-12-5-3-11(4-6-12)22-16(19-20-21-22)25-9-15(23)10-2-7-13(17)14(18)8-10/h2-8H,9H2,1H3. The van der Waals surface area contributed by atoms with Gasteiger partial charge >= 0.3 is 0 Å². The SMILES string of the molecule is COc1ccc(-n2nnnc2SCC(=O)c2ccc(Cl)c(Cl)c2)cc1. The van der Waals surface area contributed by atoms with E-state index in [-0.39, 0.29) is 11.5 Å². The molecule has 6 nitrogen and oxygen atoms in total. The number of benzene rings is 2. The van der Waals surface area contributed by atoms with Gasteiger partial charge in [-0.3, -0.25) is 4.79 Å². The molecule has 2 aromatic carbocycles. The van der Waals surface area contributed by atoms with Crippen LogP contribution < -0.4 is 4.74 Å². The number of carbonyl (C=O) groups excluding carboxylic acids is 1. The summed E-state index contributed by atoms with van der Waals surface area (Å²) >= 11 is 13.1. The first kappa shape index (κ1) is 17.7. The van der Waals surface area contributed by atoms with Crippen LogP contribution in [0, 0.1) is 0 Å². The second-order valence-corrected chi connectivity index (χ2v) is 6.67. The normalized spacial score (nSPS) is 10.7. The fourth-order valence-corrected chi connectivity index (χ4v) is 3.12. The third-order valence-electron chi connectivity index (χ3n) is 3.33. The molecule has 0 aliphatic rings. The van der Waals surface area contributed by atoms with Crippen LogP contribution in [-0.2, 0) is 0 Å². The first-order chi connectivity index (χ1) is 12.1. The van der Waals surface area contributed by atoms with Gasteiger partial charge in [-0.05, 0) is 52.9 Å². The highest BCUT2D eigenvalue weighted by Gasteiger charge is 2.14. The molecule has 0 atom stereocenters. The number of thioether (sulfide) groups is 1. The van der Waals surface area contributed by atoms with Crippen LogP contribution in [0.3, 0.4) is 0 Å². The van der Waals surface area contributed by atoms with E-state index >= 15 is 0 Å². The van der Waals surface area contributed by atoms with E-state index in [1.54, 1.807) is 30.0 Å². The summed E-state index contributed by atoms with van der Waals surface area (Å²) in [6, 6.07) is 12.1. The van der Waals surface area contributed by atoms with Crippen molar-refractivity contribution in [3.8, 4) is 11.4 Å². The molecule has 128 valence electrons. The van der Waals surface area contributed by atoms with Crippen LogP contribution in [0.5, 0.6) is 5.75 Å². The number of halogens is 2. The van der Waals surface area contributed by atoms with Gasteiger partial charge in [0.2, 0.25) is 5.16 Å². The van der Waals surface area contributed by atoms with Crippen molar-refractivity contribution in [2.24, 2.45) is 0 Å². The molecule has 0 amide bonds. The number of ketones is 1. The number of Topliss-reactive ketones (excluding diaryl/α,β-unsaturated/α-hetero) is 1. The van der Waals surface area contributed by atoms with Crippen LogP contribution >= 0.6 is 35.0 Å². The summed E-state index contributed by atoms with van der Waals surface area (Å²) in [5, 5.41) is 12.9. The van der Waals surface area contributed by atoms with Crippen LogP contribution in [0.4, 0.5) is 0 Å². The lowest BCUT2D eigenvalue weighted by Crippen LogP contribution is -2.05. The zero-order valence-corrected chi connectivity index (χ0v) is 15.3. The van der Waals surface area contributed by atoms with Crippen LogP contribution in [-0.4, -0.2) is 38.9 Å². The summed E-state index contributed by atoms with van der Waals surface area (Å²) < 4.78 is 6.69. The molecule has 0 spiro atoms. The molecule has 0 fully saturated rings. The topological polar surface area (TPSA) is 69.9 Å². The van der Waals surface area contributed by atoms with Gasteiger partial charge in [0.1, 0.15) is 5.75 Å². The molecule has 0 unspecified atom stereocenters. The molecule has 9 heteroatoms. The number of tetrazole rings is 1. The van der Waals surface area contributed by atoms with E-state index in [0.29, 0.717) is 20.8 Å². The van der Waals surface area contributed by atoms with Crippen molar-refractivity contribution in [1.29, 1.82) is 0 Å². The maximum atomic E-state index is 12.3. The van der Waals surface area contributed by atoms with Gasteiger partial charge in [-0.1, -0.05) is 35.0 Å². The molecule has 0 aliphatic carbocycles. The van der Waals surface area contributed by atoms with Gasteiger partial charge in [0.25, 0.3) is 0 Å². The highest BCUT2D eigenvalue weighted by Crippen LogP contribution is 2.25. The number of aromatic nitrogens is 4. The van der Waals surface area contributed by atoms with Gasteiger partial charge < -0.3 is 4.74 Å². The Morgan fingerprint density at radius 3 is 2.60 bits per heavy atom. The van der Waals surface area contributed by atoms with Crippen molar-refractivity contribution in [1.82, 2.24) is 20.2 Å². The van der Waals surface area contributed by atoms with Gasteiger partial charge in [0, 0.05) is 5.56 Å². The first-order valence-corrected chi connectivity index (χ1v) is 8.86. The minimum absolute atomic E-state index is 0.0900. The van der Waals surface area contributed by atoms with Gasteiger partial charge in [0.15, 0.2) is 5.78 Å². The number of hydrogen-bond acceptors (Lipinski definition) is 6. The summed E-state index contributed by atoms with van der Waals surface area (Å²) in [4.78, 5) is 12.3. The summed E-state index contributed by atoms with van der Waals surface area (Å²) in [7, 11) is 1.60. The molecule has 1 aromatic heterocycles. The average molecular weight is 395 g/mol. The lowest BCUT2D eigenvalue weighted by molar-refractivity contribution is 0.102. The predicted molar refractivity (Wildman–Crippen MR) is 97.2 cm³/mol. The minimum Gasteiger partial charge on any atom is -0.497 e. The molecule has 25 heavy (non-hydrogen) atoms. The molecule has 3 rings (SSSR count). The smallest absolute Gasteiger partial charge is 0.214 e. The Bertz CT molecular complexity index is 899. The fourth-order valence-electron chi connectivity index (χ4n) is 2.04. The van der Waals surface area contributed by atoms with E-state index in [1.807, 2.05) is 24.3 Å².